The summed E-state index contributed by atoms with van der Waals surface area (Å²) in [7, 11) is 2.00. The molecule has 1 aromatic carbocycles. The fourth-order valence-electron chi connectivity index (χ4n) is 3.43. The molecule has 1 saturated heterocycles. The first-order valence-electron chi connectivity index (χ1n) is 9.83. The maximum atomic E-state index is 13.6. The average Bonchev–Trinajstić information content (AvgIpc) is 2.74. The van der Waals surface area contributed by atoms with Gasteiger partial charge < -0.3 is 9.64 Å². The van der Waals surface area contributed by atoms with E-state index < -0.39 is 23.3 Å². The number of ether oxygens (including phenoxy) is 1. The molecular formula is C22H22ClF3N2O3. The highest BCUT2D eigenvalue weighted by Gasteiger charge is 2.42. The fraction of sp³-hybridized carbons (Fsp3) is 0.409. The molecule has 31 heavy (non-hydrogen) atoms. The zero-order chi connectivity index (χ0) is 22.6. The monoisotopic (exact) mass is 454 g/mol. The van der Waals surface area contributed by atoms with Crippen LogP contribution in [0.15, 0.2) is 42.5 Å². The zero-order valence-corrected chi connectivity index (χ0v) is 17.6. The van der Waals surface area contributed by atoms with Crippen molar-refractivity contribution in [3.8, 4) is 5.75 Å². The molecule has 1 aromatic heterocycles. The molecule has 0 saturated carbocycles. The number of pyridine rings is 1. The van der Waals surface area contributed by atoms with Crippen LogP contribution in [0.2, 0.25) is 0 Å². The number of carbonyl (C=O) groups excluding carboxylic acids is 2. The minimum Gasteiger partial charge on any atom is -0.429 e. The number of hydrogen-bond donors (Lipinski definition) is 0. The molecule has 1 atom stereocenters. The summed E-state index contributed by atoms with van der Waals surface area (Å²) < 4.78 is 44.4. The van der Waals surface area contributed by atoms with Crippen molar-refractivity contribution in [2.75, 3.05) is 20.1 Å². The summed E-state index contributed by atoms with van der Waals surface area (Å²) in [5, 5.41) is 0. The molecule has 0 amide bonds. The van der Waals surface area contributed by atoms with Crippen LogP contribution >= 0.6 is 11.6 Å². The number of ketones is 2. The lowest BCUT2D eigenvalue weighted by Crippen LogP contribution is -2.34. The Labute approximate surface area is 183 Å². The van der Waals surface area contributed by atoms with Crippen LogP contribution in [-0.4, -0.2) is 53.3 Å². The van der Waals surface area contributed by atoms with E-state index >= 15 is 0 Å². The van der Waals surface area contributed by atoms with E-state index in [1.54, 1.807) is 18.2 Å². The standard InChI is InChI=1S/C22H22ClF3N2O3/c1-28-11-9-14(10-12-28)20(30)17-7-4-5-15(27-17)13-18(29)16-6-2-3-8-19(16)31-22(25,26)21(23)24/h2-8,14,21H,9-13H2,1H3. The second kappa shape index (κ2) is 9.78. The summed E-state index contributed by atoms with van der Waals surface area (Å²) in [6, 6.07) is 10.1. The van der Waals surface area contributed by atoms with E-state index in [0.717, 1.165) is 32.0 Å². The number of para-hydroxylation sites is 1. The Morgan fingerprint density at radius 2 is 1.87 bits per heavy atom. The van der Waals surface area contributed by atoms with Gasteiger partial charge >= 0.3 is 6.11 Å². The lowest BCUT2D eigenvalue weighted by molar-refractivity contribution is -0.199. The van der Waals surface area contributed by atoms with Gasteiger partial charge in [0, 0.05) is 11.6 Å². The Hall–Kier alpha value is -2.45. The Morgan fingerprint density at radius 1 is 1.19 bits per heavy atom. The molecule has 1 aliphatic heterocycles. The van der Waals surface area contributed by atoms with Gasteiger partial charge in [0.1, 0.15) is 11.4 Å². The third-order valence-corrected chi connectivity index (χ3v) is 5.43. The number of aromatic nitrogens is 1. The lowest BCUT2D eigenvalue weighted by Gasteiger charge is -2.27. The fourth-order valence-corrected chi connectivity index (χ4v) is 3.48. The van der Waals surface area contributed by atoms with Crippen LogP contribution in [-0.2, 0) is 6.42 Å². The van der Waals surface area contributed by atoms with Crippen molar-refractivity contribution >= 4 is 23.2 Å². The quantitative estimate of drug-likeness (QED) is 0.433. The van der Waals surface area contributed by atoms with E-state index in [-0.39, 0.29) is 29.4 Å². The molecule has 0 aliphatic carbocycles. The second-order valence-electron chi connectivity index (χ2n) is 7.52. The maximum absolute atomic E-state index is 13.6. The third kappa shape index (κ3) is 5.83. The number of Topliss-reactive ketones (excluding diaryl/α,β-unsaturated/α-hetero) is 2. The van der Waals surface area contributed by atoms with Gasteiger partial charge in [0.2, 0.25) is 0 Å². The molecule has 0 N–H and O–H groups in total. The predicted octanol–water partition coefficient (Wildman–Crippen LogP) is 4.54. The van der Waals surface area contributed by atoms with Crippen LogP contribution in [0.5, 0.6) is 5.75 Å². The number of rotatable bonds is 8. The molecular weight excluding hydrogens is 433 g/mol. The first-order chi connectivity index (χ1) is 14.7. The summed E-state index contributed by atoms with van der Waals surface area (Å²) in [6.45, 7) is 1.66. The van der Waals surface area contributed by atoms with Gasteiger partial charge in [0.05, 0.1) is 12.0 Å². The number of halogens is 4. The Balaban J connectivity index is 1.75. The highest BCUT2D eigenvalue weighted by atomic mass is 35.5. The molecule has 3 rings (SSSR count). The van der Waals surface area contributed by atoms with Gasteiger partial charge in [-0.3, -0.25) is 9.59 Å². The minimum atomic E-state index is -4.30. The predicted molar refractivity (Wildman–Crippen MR) is 110 cm³/mol. The van der Waals surface area contributed by atoms with E-state index in [1.165, 1.54) is 18.2 Å². The van der Waals surface area contributed by atoms with Gasteiger partial charge in [0.25, 0.3) is 5.63 Å². The molecule has 2 heterocycles. The van der Waals surface area contributed by atoms with Gasteiger partial charge in [-0.15, -0.1) is 0 Å². The number of likely N-dealkylation sites (tertiary alicyclic amines) is 1. The molecule has 166 valence electrons. The second-order valence-corrected chi connectivity index (χ2v) is 7.90. The van der Waals surface area contributed by atoms with Crippen LogP contribution < -0.4 is 4.74 Å². The summed E-state index contributed by atoms with van der Waals surface area (Å²) in [6.07, 6.45) is -3.04. The highest BCUT2D eigenvalue weighted by molar-refractivity contribution is 6.20. The van der Waals surface area contributed by atoms with Gasteiger partial charge in [-0.2, -0.15) is 8.78 Å². The molecule has 1 unspecified atom stereocenters. The van der Waals surface area contributed by atoms with Gasteiger partial charge in [-0.05, 0) is 57.2 Å². The van der Waals surface area contributed by atoms with Gasteiger partial charge in [0.15, 0.2) is 11.6 Å². The maximum Gasteiger partial charge on any atom is 0.444 e. The lowest BCUT2D eigenvalue weighted by atomic mass is 9.91. The van der Waals surface area contributed by atoms with Crippen molar-refractivity contribution in [3.05, 3.63) is 59.4 Å². The average molecular weight is 455 g/mol. The molecule has 0 radical (unpaired) electrons. The SMILES string of the molecule is CN1CCC(C(=O)c2cccc(CC(=O)c3ccccc3OC(F)(F)C(F)Cl)n2)CC1. The highest BCUT2D eigenvalue weighted by Crippen LogP contribution is 2.31. The number of hydrogen-bond acceptors (Lipinski definition) is 5. The smallest absolute Gasteiger partial charge is 0.429 e. The van der Waals surface area contributed by atoms with Crippen molar-refractivity contribution in [1.82, 2.24) is 9.88 Å². The molecule has 9 heteroatoms. The van der Waals surface area contributed by atoms with Gasteiger partial charge in [-0.1, -0.05) is 29.8 Å². The van der Waals surface area contributed by atoms with Crippen molar-refractivity contribution < 1.29 is 27.5 Å². The Kier molecular flexibility index (Phi) is 7.33. The third-order valence-electron chi connectivity index (χ3n) is 5.18. The summed E-state index contributed by atoms with van der Waals surface area (Å²) in [5.41, 5.74) is -2.63. The van der Waals surface area contributed by atoms with Crippen molar-refractivity contribution in [2.24, 2.45) is 5.92 Å². The Morgan fingerprint density at radius 3 is 2.55 bits per heavy atom. The van der Waals surface area contributed by atoms with Crippen LogP contribution in [0.4, 0.5) is 13.2 Å². The Bertz CT molecular complexity index is 947. The normalized spacial score (nSPS) is 16.7. The van der Waals surface area contributed by atoms with E-state index in [9.17, 15) is 22.8 Å². The molecule has 1 aliphatic rings. The van der Waals surface area contributed by atoms with Crippen LogP contribution in [0.1, 0.15) is 39.4 Å². The van der Waals surface area contributed by atoms with Gasteiger partial charge in [-0.25, -0.2) is 9.37 Å². The zero-order valence-electron chi connectivity index (χ0n) is 16.9. The number of nitrogens with zero attached hydrogens (tertiary/aromatic N) is 2. The van der Waals surface area contributed by atoms with Crippen LogP contribution in [0.3, 0.4) is 0 Å². The number of alkyl halides is 4. The first-order valence-corrected chi connectivity index (χ1v) is 10.3. The summed E-state index contributed by atoms with van der Waals surface area (Å²) in [4.78, 5) is 32.0. The topological polar surface area (TPSA) is 59.5 Å². The summed E-state index contributed by atoms with van der Waals surface area (Å²) in [5.74, 6) is -1.23. The number of benzene rings is 1. The minimum absolute atomic E-state index is 0.0677. The van der Waals surface area contributed by atoms with Crippen molar-refractivity contribution in [2.45, 2.75) is 31.0 Å². The largest absolute Gasteiger partial charge is 0.444 e. The van der Waals surface area contributed by atoms with E-state index in [0.29, 0.717) is 5.69 Å². The van der Waals surface area contributed by atoms with E-state index in [4.69, 9.17) is 11.6 Å². The molecule has 0 spiro atoms. The van der Waals surface area contributed by atoms with Crippen LogP contribution in [0, 0.1) is 5.92 Å². The molecule has 1 fully saturated rings. The number of carbonyl (C=O) groups is 2. The summed E-state index contributed by atoms with van der Waals surface area (Å²) >= 11 is 4.83. The van der Waals surface area contributed by atoms with E-state index in [1.807, 2.05) is 7.05 Å². The van der Waals surface area contributed by atoms with E-state index in [2.05, 4.69) is 14.6 Å². The molecule has 0 bridgehead atoms. The first kappa shape index (κ1) is 23.2. The van der Waals surface area contributed by atoms with Crippen molar-refractivity contribution in [3.63, 3.8) is 0 Å². The molecule has 5 nitrogen and oxygen atoms in total. The van der Waals surface area contributed by atoms with Crippen LogP contribution in [0.25, 0.3) is 0 Å². The van der Waals surface area contributed by atoms with Crippen molar-refractivity contribution in [1.29, 1.82) is 0 Å². The molecule has 2 aromatic rings. The number of piperidine rings is 1.